The molecular weight excluding hydrogens is 613 g/mol. The number of terminal acetylenes is 1. The maximum atomic E-state index is 5.20. The van der Waals surface area contributed by atoms with Crippen LogP contribution in [0.5, 0.6) is 0 Å². The third-order valence-electron chi connectivity index (χ3n) is 7.01. The first-order chi connectivity index (χ1) is 24.4. The molecule has 0 spiro atoms. The molecule has 3 aromatic rings. The smallest absolute Gasteiger partial charge is 0.0274 e. The van der Waals surface area contributed by atoms with Gasteiger partial charge in [0, 0.05) is 11.1 Å². The van der Waals surface area contributed by atoms with E-state index < -0.39 is 0 Å². The Labute approximate surface area is 323 Å². The minimum absolute atomic E-state index is 0.984. The second kappa shape index (κ2) is 48.6. The normalized spacial score (nSPS) is 8.04. The van der Waals surface area contributed by atoms with E-state index in [9.17, 15) is 0 Å². The van der Waals surface area contributed by atoms with Gasteiger partial charge in [-0.25, -0.2) is 0 Å². The highest BCUT2D eigenvalue weighted by atomic mass is 14.1. The Kier molecular flexibility index (Phi) is 56.9. The standard InChI is InChI=1S/C12H16.C10H10.C9H8.4C4H10.2C2H6/c1-8(2)12-7-10(4)9(3)6-11(12)5;1-3-6-10-8-5-4-7-9(10)2;1-3-9-7-5-4-6-8(9)2;4*1-3-4-2;2*1-2/h6-7H,1H2,2-5H3;4-5,7-8H,1-2H3;1,4-7H,2H3;4*3-4H2,1-2H3;2*1-2H3. The lowest BCUT2D eigenvalue weighted by Crippen LogP contribution is -1.89. The second-order valence-electron chi connectivity index (χ2n) is 11.7. The van der Waals surface area contributed by atoms with Gasteiger partial charge in [-0.2, -0.15) is 0 Å². The maximum absolute atomic E-state index is 5.20. The minimum Gasteiger partial charge on any atom is -0.115 e. The minimum atomic E-state index is 0.984. The van der Waals surface area contributed by atoms with Crippen molar-refractivity contribution < 1.29 is 0 Å². The van der Waals surface area contributed by atoms with Crippen molar-refractivity contribution in [3.63, 3.8) is 0 Å². The Morgan fingerprint density at radius 1 is 0.510 bits per heavy atom. The van der Waals surface area contributed by atoms with E-state index in [1.165, 1.54) is 84.7 Å². The first-order valence-corrected chi connectivity index (χ1v) is 20.1. The van der Waals surface area contributed by atoms with Crippen molar-refractivity contribution >= 4 is 5.57 Å². The molecule has 0 aliphatic rings. The molecule has 3 rings (SSSR count). The highest BCUT2D eigenvalue weighted by Crippen LogP contribution is 2.20. The third kappa shape index (κ3) is 40.8. The van der Waals surface area contributed by atoms with E-state index in [4.69, 9.17) is 6.42 Å². The van der Waals surface area contributed by atoms with Crippen LogP contribution >= 0.6 is 0 Å². The Bertz CT molecular complexity index is 1230. The lowest BCUT2D eigenvalue weighted by atomic mass is 9.97. The molecule has 0 aromatic heterocycles. The van der Waals surface area contributed by atoms with Gasteiger partial charge in [0.1, 0.15) is 0 Å². The predicted molar refractivity (Wildman–Crippen MR) is 243 cm³/mol. The Morgan fingerprint density at radius 2 is 0.824 bits per heavy atom. The van der Waals surface area contributed by atoms with Gasteiger partial charge in [-0.1, -0.05) is 207 Å². The van der Waals surface area contributed by atoms with Crippen LogP contribution in [0, 0.1) is 58.8 Å². The molecule has 0 heterocycles. The molecule has 0 aliphatic carbocycles. The van der Waals surface area contributed by atoms with Gasteiger partial charge in [-0.05, 0) is 94.0 Å². The molecule has 0 saturated heterocycles. The van der Waals surface area contributed by atoms with Crippen LogP contribution in [0.3, 0.4) is 0 Å². The van der Waals surface area contributed by atoms with Crippen molar-refractivity contribution in [2.75, 3.05) is 0 Å². The Morgan fingerprint density at radius 3 is 1.08 bits per heavy atom. The lowest BCUT2D eigenvalue weighted by molar-refractivity contribution is 0.886. The second-order valence-corrected chi connectivity index (χ2v) is 11.7. The zero-order valence-corrected chi connectivity index (χ0v) is 37.7. The van der Waals surface area contributed by atoms with Crippen LogP contribution in [0.1, 0.15) is 193 Å². The highest BCUT2D eigenvalue weighted by Gasteiger charge is 2.01. The number of unbranched alkanes of at least 4 members (excludes halogenated alkanes) is 4. The van der Waals surface area contributed by atoms with Gasteiger partial charge in [-0.3, -0.25) is 0 Å². The average molecular weight is 699 g/mol. The molecule has 0 nitrogen and oxygen atoms in total. The molecule has 290 valence electrons. The van der Waals surface area contributed by atoms with Crippen LogP contribution in [0.15, 0.2) is 67.2 Å². The van der Waals surface area contributed by atoms with Gasteiger partial charge in [0.05, 0.1) is 0 Å². The van der Waals surface area contributed by atoms with Crippen molar-refractivity contribution in [2.45, 2.75) is 183 Å². The van der Waals surface area contributed by atoms with Gasteiger partial charge >= 0.3 is 0 Å². The molecule has 0 radical (unpaired) electrons. The SMILES string of the molecule is C#Cc1ccccc1C.C=C(C)c1cc(C)c(C)cc1C.CC.CC.CC#Cc1ccccc1C.CCCC.CCCC.CCCC.CCCC. The Balaban J connectivity index is -0.000000119. The summed E-state index contributed by atoms with van der Waals surface area (Å²) in [5, 5.41) is 0. The lowest BCUT2D eigenvalue weighted by Gasteiger charge is -2.08. The molecule has 0 heteroatoms. The van der Waals surface area contributed by atoms with E-state index in [2.05, 4.69) is 133 Å². The van der Waals surface area contributed by atoms with Crippen LogP contribution in [0.25, 0.3) is 5.57 Å². The van der Waals surface area contributed by atoms with Crippen molar-refractivity contribution in [1.29, 1.82) is 0 Å². The van der Waals surface area contributed by atoms with E-state index in [1.54, 1.807) is 0 Å². The van der Waals surface area contributed by atoms with E-state index >= 15 is 0 Å². The van der Waals surface area contributed by atoms with E-state index in [1.807, 2.05) is 84.0 Å². The predicted octanol–water partition coefficient (Wildman–Crippen LogP) is 17.3. The summed E-state index contributed by atoms with van der Waals surface area (Å²) in [4.78, 5) is 0. The summed E-state index contributed by atoms with van der Waals surface area (Å²) < 4.78 is 0. The number of hydrogen-bond acceptors (Lipinski definition) is 0. The summed E-state index contributed by atoms with van der Waals surface area (Å²) in [6.07, 6.45) is 15.8. The quantitative estimate of drug-likeness (QED) is 0.233. The highest BCUT2D eigenvalue weighted by molar-refractivity contribution is 5.65. The summed E-state index contributed by atoms with van der Waals surface area (Å²) in [5.74, 6) is 8.50. The zero-order chi connectivity index (χ0) is 41.0. The van der Waals surface area contributed by atoms with Crippen molar-refractivity contribution in [3.8, 4) is 24.2 Å². The molecule has 0 N–H and O–H groups in total. The van der Waals surface area contributed by atoms with Crippen LogP contribution in [-0.4, -0.2) is 0 Å². The average Bonchev–Trinajstić information content (AvgIpc) is 3.16. The van der Waals surface area contributed by atoms with Gasteiger partial charge in [0.15, 0.2) is 0 Å². The summed E-state index contributed by atoms with van der Waals surface area (Å²) in [5.41, 5.74) is 11.0. The Hall–Kier alpha value is -3.48. The number of rotatable bonds is 5. The first kappa shape index (κ1) is 59.7. The van der Waals surface area contributed by atoms with Gasteiger partial charge in [0.25, 0.3) is 0 Å². The topological polar surface area (TPSA) is 0 Å². The molecule has 3 aromatic carbocycles. The number of benzene rings is 3. The van der Waals surface area contributed by atoms with Crippen LogP contribution in [0.4, 0.5) is 0 Å². The fraction of sp³-hybridized carbons (Fsp3) is 0.529. The summed E-state index contributed by atoms with van der Waals surface area (Å²) in [6.45, 7) is 43.8. The summed E-state index contributed by atoms with van der Waals surface area (Å²) in [7, 11) is 0. The van der Waals surface area contributed by atoms with Gasteiger partial charge in [0.2, 0.25) is 0 Å². The van der Waals surface area contributed by atoms with E-state index in [-0.39, 0.29) is 0 Å². The van der Waals surface area contributed by atoms with Gasteiger partial charge in [-0.15, -0.1) is 12.3 Å². The molecule has 0 unspecified atom stereocenters. The monoisotopic (exact) mass is 699 g/mol. The fourth-order valence-electron chi connectivity index (χ4n) is 3.00. The fourth-order valence-corrected chi connectivity index (χ4v) is 3.00. The zero-order valence-electron chi connectivity index (χ0n) is 37.7. The number of aryl methyl sites for hydroxylation is 5. The summed E-state index contributed by atoms with van der Waals surface area (Å²) >= 11 is 0. The molecule has 0 bridgehead atoms. The van der Waals surface area contributed by atoms with E-state index in [0.29, 0.717) is 0 Å². The third-order valence-corrected chi connectivity index (χ3v) is 7.01. The molecule has 0 fully saturated rings. The number of hydrogen-bond donors (Lipinski definition) is 0. The van der Waals surface area contributed by atoms with Crippen LogP contribution in [0.2, 0.25) is 0 Å². The van der Waals surface area contributed by atoms with Crippen molar-refractivity contribution in [2.24, 2.45) is 0 Å². The first-order valence-electron chi connectivity index (χ1n) is 20.1. The molecule has 0 atom stereocenters. The molecule has 0 amide bonds. The largest absolute Gasteiger partial charge is 0.115 e. The number of allylic oxidation sites excluding steroid dienone is 1. The van der Waals surface area contributed by atoms with Crippen LogP contribution in [-0.2, 0) is 0 Å². The maximum Gasteiger partial charge on any atom is 0.0274 e. The van der Waals surface area contributed by atoms with E-state index in [0.717, 1.165) is 16.7 Å². The molecule has 51 heavy (non-hydrogen) atoms. The molecule has 0 saturated carbocycles. The van der Waals surface area contributed by atoms with Crippen molar-refractivity contribution in [3.05, 3.63) is 112 Å². The van der Waals surface area contributed by atoms with Gasteiger partial charge < -0.3 is 0 Å². The molecular formula is C51H86. The van der Waals surface area contributed by atoms with Crippen molar-refractivity contribution in [1.82, 2.24) is 0 Å². The van der Waals surface area contributed by atoms with Crippen LogP contribution < -0.4 is 0 Å². The molecule has 0 aliphatic heterocycles. The summed E-state index contributed by atoms with van der Waals surface area (Å²) in [6, 6.07) is 20.4.